The van der Waals surface area contributed by atoms with E-state index in [1.807, 2.05) is 6.92 Å². The summed E-state index contributed by atoms with van der Waals surface area (Å²) in [7, 11) is 0. The van der Waals surface area contributed by atoms with Crippen LogP contribution in [0.5, 0.6) is 5.75 Å². The van der Waals surface area contributed by atoms with Gasteiger partial charge in [-0.1, -0.05) is 26.0 Å². The Morgan fingerprint density at radius 1 is 1.20 bits per heavy atom. The molecule has 1 atom stereocenters. The number of nitrogens with one attached hydrogen (secondary N) is 2. The van der Waals surface area contributed by atoms with E-state index in [9.17, 15) is 14.7 Å². The van der Waals surface area contributed by atoms with Crippen molar-refractivity contribution in [1.29, 1.82) is 0 Å². The van der Waals surface area contributed by atoms with Crippen LogP contribution in [0, 0.1) is 12.8 Å². The van der Waals surface area contributed by atoms with Crippen LogP contribution in [0.1, 0.15) is 49.3 Å². The maximum atomic E-state index is 12.2. The quantitative estimate of drug-likeness (QED) is 0.331. The Morgan fingerprint density at radius 3 is 2.50 bits per heavy atom. The van der Waals surface area contributed by atoms with Gasteiger partial charge in [-0.05, 0) is 56.2 Å². The van der Waals surface area contributed by atoms with E-state index in [2.05, 4.69) is 34.9 Å². The van der Waals surface area contributed by atoms with E-state index in [1.165, 1.54) is 0 Å². The number of carbonyl (C=O) groups is 1. The highest BCUT2D eigenvalue weighted by Crippen LogP contribution is 2.11. The Bertz CT molecular complexity index is 866. The number of phenolic OH excluding ortho intramolecular Hbond substituents is 1. The molecule has 0 fully saturated rings. The van der Waals surface area contributed by atoms with Gasteiger partial charge in [0.1, 0.15) is 11.4 Å². The molecular weight excluding hydrogens is 404 g/mol. The van der Waals surface area contributed by atoms with E-state index in [0.717, 1.165) is 36.2 Å². The maximum Gasteiger partial charge on any atom is 0.278 e. The number of aromatic amines is 1. The number of rotatable bonds is 10. The predicted molar refractivity (Wildman–Crippen MR) is 113 cm³/mol. The van der Waals surface area contributed by atoms with Gasteiger partial charge in [0.15, 0.2) is 6.04 Å². The molecule has 6 N–H and O–H groups in total. The summed E-state index contributed by atoms with van der Waals surface area (Å²) in [5.41, 5.74) is 7.14. The van der Waals surface area contributed by atoms with E-state index >= 15 is 0 Å². The van der Waals surface area contributed by atoms with Crippen molar-refractivity contribution in [1.82, 2.24) is 15.3 Å². The third-order valence-corrected chi connectivity index (χ3v) is 4.81. The first-order valence-corrected chi connectivity index (χ1v) is 10.2. The van der Waals surface area contributed by atoms with E-state index in [-0.39, 0.29) is 35.7 Å². The summed E-state index contributed by atoms with van der Waals surface area (Å²) in [5.74, 6) is 0.519. The number of H-pyrrole nitrogens is 1. The third kappa shape index (κ3) is 8.16. The molecule has 0 aliphatic heterocycles. The van der Waals surface area contributed by atoms with Crippen LogP contribution in [0.2, 0.25) is 0 Å². The largest absolute Gasteiger partial charge is 1.00 e. The molecule has 0 aliphatic rings. The minimum Gasteiger partial charge on any atom is -1.00 e. The molecule has 7 nitrogen and oxygen atoms in total. The average molecular weight is 437 g/mol. The monoisotopic (exact) mass is 436 g/mol. The number of aromatic hydroxyl groups is 1. The van der Waals surface area contributed by atoms with Gasteiger partial charge in [-0.3, -0.25) is 14.6 Å². The Kier molecular flexibility index (Phi) is 10.6. The molecule has 0 spiro atoms. The Labute approximate surface area is 183 Å². The molecule has 8 heteroatoms. The number of unbranched alkanes of at least 4 members (excludes halogenated alkanes) is 1. The van der Waals surface area contributed by atoms with E-state index in [1.54, 1.807) is 24.3 Å². The molecule has 166 valence electrons. The minimum absolute atomic E-state index is 0. The van der Waals surface area contributed by atoms with Gasteiger partial charge in [0, 0.05) is 18.7 Å². The van der Waals surface area contributed by atoms with Gasteiger partial charge >= 0.3 is 0 Å². The summed E-state index contributed by atoms with van der Waals surface area (Å²) in [6.45, 7) is 6.63. The first-order chi connectivity index (χ1) is 13.8. The van der Waals surface area contributed by atoms with Crippen LogP contribution in [-0.4, -0.2) is 33.6 Å². The molecule has 1 aromatic heterocycles. The molecule has 0 radical (unpaired) electrons. The number of halogens is 1. The zero-order valence-electron chi connectivity index (χ0n) is 18.0. The van der Waals surface area contributed by atoms with Gasteiger partial charge in [0.2, 0.25) is 0 Å². The fraction of sp³-hybridized carbons (Fsp3) is 0.500. The van der Waals surface area contributed by atoms with Crippen LogP contribution < -0.4 is 29.0 Å². The molecule has 30 heavy (non-hydrogen) atoms. The summed E-state index contributed by atoms with van der Waals surface area (Å²) < 4.78 is 0. The van der Waals surface area contributed by atoms with Crippen LogP contribution in [0.4, 0.5) is 0 Å². The van der Waals surface area contributed by atoms with Crippen molar-refractivity contribution in [3.05, 3.63) is 57.3 Å². The zero-order chi connectivity index (χ0) is 21.4. The second-order valence-corrected chi connectivity index (χ2v) is 7.99. The van der Waals surface area contributed by atoms with Gasteiger partial charge in [0.05, 0.1) is 5.69 Å². The summed E-state index contributed by atoms with van der Waals surface area (Å²) >= 11 is 0. The predicted octanol–water partition coefficient (Wildman–Crippen LogP) is -1.72. The van der Waals surface area contributed by atoms with Crippen LogP contribution >= 0.6 is 0 Å². The van der Waals surface area contributed by atoms with E-state index in [0.29, 0.717) is 31.0 Å². The van der Waals surface area contributed by atoms with Crippen molar-refractivity contribution in [3.8, 4) is 5.75 Å². The zero-order valence-corrected chi connectivity index (χ0v) is 18.8. The molecule has 0 saturated carbocycles. The molecule has 0 saturated heterocycles. The first kappa shape index (κ1) is 25.7. The lowest BCUT2D eigenvalue weighted by molar-refractivity contribution is -0.403. The number of hydrogen-bond acceptors (Lipinski definition) is 4. The lowest BCUT2D eigenvalue weighted by Crippen LogP contribution is -3.00. The Balaban J connectivity index is 0.00000450. The lowest BCUT2D eigenvalue weighted by atomic mass is 10.1. The third-order valence-electron chi connectivity index (χ3n) is 4.81. The number of carbonyl (C=O) groups excluding carboxylic acids is 1. The van der Waals surface area contributed by atoms with E-state index < -0.39 is 0 Å². The summed E-state index contributed by atoms with van der Waals surface area (Å²) in [6, 6.07) is 6.43. The molecule has 1 heterocycles. The number of quaternary nitrogens is 1. The highest BCUT2D eigenvalue weighted by atomic mass is 35.5. The molecular formula is C22H33ClN4O3. The van der Waals surface area contributed by atoms with Crippen molar-refractivity contribution >= 4 is 5.91 Å². The number of hydrogen-bond donors (Lipinski definition) is 4. The van der Waals surface area contributed by atoms with Crippen LogP contribution in [0.3, 0.4) is 0 Å². The van der Waals surface area contributed by atoms with Crippen LogP contribution in [-0.2, 0) is 24.1 Å². The van der Waals surface area contributed by atoms with Crippen molar-refractivity contribution in [3.63, 3.8) is 0 Å². The number of aromatic nitrogens is 2. The van der Waals surface area contributed by atoms with Crippen molar-refractivity contribution in [2.75, 3.05) is 6.54 Å². The molecule has 0 bridgehead atoms. The molecule has 1 amide bonds. The number of phenols is 1. The molecule has 1 aromatic carbocycles. The van der Waals surface area contributed by atoms with Crippen LogP contribution in [0.25, 0.3) is 0 Å². The van der Waals surface area contributed by atoms with Gasteiger partial charge in [0.25, 0.3) is 11.5 Å². The maximum absolute atomic E-state index is 12.2. The highest BCUT2D eigenvalue weighted by Gasteiger charge is 2.17. The smallest absolute Gasteiger partial charge is 0.278 e. The number of benzene rings is 1. The SMILES string of the molecule is Cc1nc(CC(C)C)c(=O)[nH]c1CCCCNC(=O)[C@@H]([NH3+])Cc1ccc(O)cc1.[Cl-]. The molecule has 2 rings (SSSR count). The summed E-state index contributed by atoms with van der Waals surface area (Å²) in [5, 5.41) is 12.2. The molecule has 0 aliphatic carbocycles. The Morgan fingerprint density at radius 2 is 1.87 bits per heavy atom. The second kappa shape index (κ2) is 12.3. The van der Waals surface area contributed by atoms with Crippen molar-refractivity contribution < 1.29 is 28.0 Å². The van der Waals surface area contributed by atoms with Gasteiger partial charge in [-0.2, -0.15) is 0 Å². The van der Waals surface area contributed by atoms with Gasteiger partial charge in [-0.15, -0.1) is 0 Å². The first-order valence-electron chi connectivity index (χ1n) is 10.2. The minimum atomic E-state index is -0.379. The molecule has 2 aromatic rings. The summed E-state index contributed by atoms with van der Waals surface area (Å²) in [4.78, 5) is 31.8. The van der Waals surface area contributed by atoms with Crippen molar-refractivity contribution in [2.24, 2.45) is 5.92 Å². The Hall–Kier alpha value is -2.38. The number of aryl methyl sites for hydroxylation is 2. The van der Waals surface area contributed by atoms with E-state index in [4.69, 9.17) is 0 Å². The average Bonchev–Trinajstić information content (AvgIpc) is 2.66. The lowest BCUT2D eigenvalue weighted by Gasteiger charge is -2.11. The highest BCUT2D eigenvalue weighted by molar-refractivity contribution is 5.80. The summed E-state index contributed by atoms with van der Waals surface area (Å²) in [6.07, 6.45) is 3.60. The van der Waals surface area contributed by atoms with Gasteiger partial charge in [-0.25, -0.2) is 0 Å². The fourth-order valence-corrected chi connectivity index (χ4v) is 3.18. The normalized spacial score (nSPS) is 11.8. The number of amides is 1. The fourth-order valence-electron chi connectivity index (χ4n) is 3.18. The molecule has 0 unspecified atom stereocenters. The standard InChI is InChI=1S/C22H32N4O3.ClH/c1-14(2)12-20-22(29)26-19(15(3)25-20)6-4-5-11-24-21(28)18(23)13-16-7-9-17(27)10-8-16;/h7-10,14,18,27H,4-6,11-13,23H2,1-3H3,(H,24,28)(H,26,29);1H/t18-;/m0./s1. The van der Waals surface area contributed by atoms with Crippen molar-refractivity contribution in [2.45, 2.75) is 58.9 Å². The second-order valence-electron chi connectivity index (χ2n) is 7.99. The van der Waals surface area contributed by atoms with Crippen LogP contribution in [0.15, 0.2) is 29.1 Å². The van der Waals surface area contributed by atoms with Gasteiger partial charge < -0.3 is 33.5 Å². The number of nitrogens with zero attached hydrogens (tertiary/aromatic N) is 1. The topological polar surface area (TPSA) is 123 Å².